The molecular formula is C15H17N3O3. The second-order valence-corrected chi connectivity index (χ2v) is 4.27. The molecule has 6 nitrogen and oxygen atoms in total. The molecule has 1 aromatic carbocycles. The van der Waals surface area contributed by atoms with E-state index in [2.05, 4.69) is 10.3 Å². The second-order valence-electron chi connectivity index (χ2n) is 4.27. The Labute approximate surface area is 122 Å². The number of amides is 1. The number of anilines is 2. The van der Waals surface area contributed by atoms with Crippen molar-refractivity contribution in [1.82, 2.24) is 4.98 Å². The van der Waals surface area contributed by atoms with Gasteiger partial charge in [-0.3, -0.25) is 4.79 Å². The van der Waals surface area contributed by atoms with Gasteiger partial charge in [-0.25, -0.2) is 4.98 Å². The highest BCUT2D eigenvalue weighted by Crippen LogP contribution is 2.19. The highest BCUT2D eigenvalue weighted by molar-refractivity contribution is 5.90. The molecule has 0 radical (unpaired) electrons. The molecular weight excluding hydrogens is 270 g/mol. The minimum absolute atomic E-state index is 0.156. The Morgan fingerprint density at radius 3 is 2.76 bits per heavy atom. The van der Waals surface area contributed by atoms with Crippen molar-refractivity contribution in [2.45, 2.75) is 6.42 Å². The monoisotopic (exact) mass is 287 g/mol. The number of pyridine rings is 1. The van der Waals surface area contributed by atoms with E-state index < -0.39 is 0 Å². The van der Waals surface area contributed by atoms with Crippen LogP contribution in [-0.2, 0) is 4.79 Å². The number of hydrogen-bond acceptors (Lipinski definition) is 5. The number of nitrogen functional groups attached to an aromatic ring is 1. The molecule has 0 bridgehead atoms. The van der Waals surface area contributed by atoms with Gasteiger partial charge in [-0.1, -0.05) is 12.1 Å². The minimum atomic E-state index is -0.156. The van der Waals surface area contributed by atoms with E-state index in [9.17, 15) is 4.79 Å². The Hall–Kier alpha value is -2.76. The SMILES string of the molecule is COc1ccc(NC(=O)CCOc2ccccc2N)cn1. The Kier molecular flexibility index (Phi) is 4.98. The van der Waals surface area contributed by atoms with Crippen LogP contribution in [0.3, 0.4) is 0 Å². The maximum absolute atomic E-state index is 11.8. The maximum atomic E-state index is 11.8. The standard InChI is InChI=1S/C15H17N3O3/c1-20-15-7-6-11(10-17-15)18-14(19)8-9-21-13-5-3-2-4-12(13)16/h2-7,10H,8-9,16H2,1H3,(H,18,19). The van der Waals surface area contributed by atoms with Crippen LogP contribution in [-0.4, -0.2) is 24.6 Å². The van der Waals surface area contributed by atoms with Gasteiger partial charge in [0.1, 0.15) is 5.75 Å². The summed E-state index contributed by atoms with van der Waals surface area (Å²) in [6.07, 6.45) is 1.76. The van der Waals surface area contributed by atoms with Gasteiger partial charge in [-0.2, -0.15) is 0 Å². The Morgan fingerprint density at radius 2 is 2.10 bits per heavy atom. The predicted molar refractivity (Wildman–Crippen MR) is 80.4 cm³/mol. The fourth-order valence-electron chi connectivity index (χ4n) is 1.66. The number of para-hydroxylation sites is 2. The molecule has 2 aromatic rings. The maximum Gasteiger partial charge on any atom is 0.227 e. The van der Waals surface area contributed by atoms with Gasteiger partial charge in [-0.05, 0) is 18.2 Å². The lowest BCUT2D eigenvalue weighted by Gasteiger charge is -2.09. The molecule has 110 valence electrons. The molecule has 0 aliphatic heterocycles. The summed E-state index contributed by atoms with van der Waals surface area (Å²) < 4.78 is 10.4. The smallest absolute Gasteiger partial charge is 0.227 e. The molecule has 6 heteroatoms. The van der Waals surface area contributed by atoms with Gasteiger partial charge in [0.05, 0.1) is 37.7 Å². The first kappa shape index (κ1) is 14.6. The number of nitrogens with two attached hydrogens (primary N) is 1. The highest BCUT2D eigenvalue weighted by atomic mass is 16.5. The molecule has 1 aromatic heterocycles. The largest absolute Gasteiger partial charge is 0.491 e. The van der Waals surface area contributed by atoms with Gasteiger partial charge in [-0.15, -0.1) is 0 Å². The molecule has 2 rings (SSSR count). The van der Waals surface area contributed by atoms with Crippen molar-refractivity contribution in [2.24, 2.45) is 0 Å². The summed E-state index contributed by atoms with van der Waals surface area (Å²) in [5.74, 6) is 0.920. The van der Waals surface area contributed by atoms with Crippen molar-refractivity contribution in [3.8, 4) is 11.6 Å². The number of rotatable bonds is 6. The van der Waals surface area contributed by atoms with Crippen LogP contribution in [0.4, 0.5) is 11.4 Å². The summed E-state index contributed by atoms with van der Waals surface area (Å²) in [7, 11) is 1.53. The van der Waals surface area contributed by atoms with E-state index in [1.807, 2.05) is 12.1 Å². The molecule has 0 atom stereocenters. The van der Waals surface area contributed by atoms with Crippen LogP contribution in [0.2, 0.25) is 0 Å². The molecule has 0 fully saturated rings. The minimum Gasteiger partial charge on any atom is -0.491 e. The zero-order valence-corrected chi connectivity index (χ0v) is 11.7. The van der Waals surface area contributed by atoms with Crippen LogP contribution in [0.5, 0.6) is 11.6 Å². The number of ether oxygens (including phenoxy) is 2. The Morgan fingerprint density at radius 1 is 1.29 bits per heavy atom. The lowest BCUT2D eigenvalue weighted by molar-refractivity contribution is -0.116. The van der Waals surface area contributed by atoms with Crippen LogP contribution in [0.15, 0.2) is 42.6 Å². The van der Waals surface area contributed by atoms with Crippen molar-refractivity contribution in [2.75, 3.05) is 24.8 Å². The van der Waals surface area contributed by atoms with E-state index in [1.54, 1.807) is 24.3 Å². The molecule has 0 spiro atoms. The predicted octanol–water partition coefficient (Wildman–Crippen LogP) is 2.08. The summed E-state index contributed by atoms with van der Waals surface area (Å²) in [6.45, 7) is 0.254. The zero-order valence-electron chi connectivity index (χ0n) is 11.7. The summed E-state index contributed by atoms with van der Waals surface area (Å²) >= 11 is 0. The Bertz CT molecular complexity index is 599. The van der Waals surface area contributed by atoms with Gasteiger partial charge >= 0.3 is 0 Å². The van der Waals surface area contributed by atoms with Gasteiger partial charge in [0.2, 0.25) is 11.8 Å². The van der Waals surface area contributed by atoms with E-state index in [-0.39, 0.29) is 18.9 Å². The average Bonchev–Trinajstić information content (AvgIpc) is 2.50. The van der Waals surface area contributed by atoms with Gasteiger partial charge < -0.3 is 20.5 Å². The van der Waals surface area contributed by atoms with Crippen LogP contribution in [0.25, 0.3) is 0 Å². The number of carbonyl (C=O) groups is 1. The third-order valence-corrected chi connectivity index (χ3v) is 2.73. The number of aromatic nitrogens is 1. The third-order valence-electron chi connectivity index (χ3n) is 2.73. The van der Waals surface area contributed by atoms with Gasteiger partial charge in [0.25, 0.3) is 0 Å². The first-order chi connectivity index (χ1) is 10.2. The number of nitrogens with one attached hydrogen (secondary N) is 1. The molecule has 0 saturated heterocycles. The fraction of sp³-hybridized carbons (Fsp3) is 0.200. The quantitative estimate of drug-likeness (QED) is 0.794. The van der Waals surface area contributed by atoms with Crippen LogP contribution in [0, 0.1) is 0 Å². The first-order valence-electron chi connectivity index (χ1n) is 6.46. The molecule has 0 aliphatic carbocycles. The number of methoxy groups -OCH3 is 1. The molecule has 0 unspecified atom stereocenters. The average molecular weight is 287 g/mol. The summed E-state index contributed by atoms with van der Waals surface area (Å²) in [4.78, 5) is 15.8. The number of hydrogen-bond donors (Lipinski definition) is 2. The lowest BCUT2D eigenvalue weighted by atomic mass is 10.3. The second kappa shape index (κ2) is 7.14. The van der Waals surface area contributed by atoms with Crippen molar-refractivity contribution < 1.29 is 14.3 Å². The zero-order chi connectivity index (χ0) is 15.1. The summed E-state index contributed by atoms with van der Waals surface area (Å²) in [6, 6.07) is 10.6. The molecule has 3 N–H and O–H groups in total. The van der Waals surface area contributed by atoms with E-state index in [0.29, 0.717) is 23.0 Å². The van der Waals surface area contributed by atoms with E-state index in [0.717, 1.165) is 0 Å². The van der Waals surface area contributed by atoms with Gasteiger partial charge in [0.15, 0.2) is 0 Å². The molecule has 0 saturated carbocycles. The number of nitrogens with zero attached hydrogens (tertiary/aromatic N) is 1. The highest BCUT2D eigenvalue weighted by Gasteiger charge is 2.05. The van der Waals surface area contributed by atoms with E-state index in [1.165, 1.54) is 13.3 Å². The first-order valence-corrected chi connectivity index (χ1v) is 6.46. The Balaban J connectivity index is 1.78. The lowest BCUT2D eigenvalue weighted by Crippen LogP contribution is -2.15. The normalized spacial score (nSPS) is 9.95. The van der Waals surface area contributed by atoms with Crippen LogP contribution >= 0.6 is 0 Å². The van der Waals surface area contributed by atoms with Crippen molar-refractivity contribution in [3.05, 3.63) is 42.6 Å². The van der Waals surface area contributed by atoms with Crippen molar-refractivity contribution in [1.29, 1.82) is 0 Å². The molecule has 21 heavy (non-hydrogen) atoms. The molecule has 1 heterocycles. The summed E-state index contributed by atoms with van der Waals surface area (Å²) in [5, 5.41) is 2.73. The topological polar surface area (TPSA) is 86.5 Å². The van der Waals surface area contributed by atoms with Gasteiger partial charge in [0, 0.05) is 6.07 Å². The van der Waals surface area contributed by atoms with E-state index in [4.69, 9.17) is 15.2 Å². The van der Waals surface area contributed by atoms with E-state index >= 15 is 0 Å². The third kappa shape index (κ3) is 4.38. The van der Waals surface area contributed by atoms with Crippen LogP contribution < -0.4 is 20.5 Å². The molecule has 1 amide bonds. The number of benzene rings is 1. The number of carbonyl (C=O) groups excluding carboxylic acids is 1. The van der Waals surface area contributed by atoms with Crippen molar-refractivity contribution in [3.63, 3.8) is 0 Å². The van der Waals surface area contributed by atoms with Crippen molar-refractivity contribution >= 4 is 17.3 Å². The fourth-order valence-corrected chi connectivity index (χ4v) is 1.66. The molecule has 0 aliphatic rings. The summed E-state index contributed by atoms with van der Waals surface area (Å²) in [5.41, 5.74) is 6.91. The van der Waals surface area contributed by atoms with Crippen LogP contribution in [0.1, 0.15) is 6.42 Å².